The van der Waals surface area contributed by atoms with E-state index in [1.807, 2.05) is 32.9 Å². The summed E-state index contributed by atoms with van der Waals surface area (Å²) in [4.78, 5) is 7.53. The summed E-state index contributed by atoms with van der Waals surface area (Å²) < 4.78 is 53.8. The lowest BCUT2D eigenvalue weighted by molar-refractivity contribution is -0.274. The lowest BCUT2D eigenvalue weighted by Crippen LogP contribution is -2.17. The molecule has 0 saturated carbocycles. The van der Waals surface area contributed by atoms with Crippen molar-refractivity contribution < 1.29 is 22.3 Å². The molecular weight excluding hydrogens is 372 g/mol. The van der Waals surface area contributed by atoms with Crippen LogP contribution in [-0.2, 0) is 0 Å². The highest BCUT2D eigenvalue weighted by atomic mass is 19.4. The van der Waals surface area contributed by atoms with Crippen LogP contribution in [0.15, 0.2) is 54.6 Å². The molecule has 1 unspecified atom stereocenters. The molecule has 0 amide bonds. The van der Waals surface area contributed by atoms with Gasteiger partial charge in [0.2, 0.25) is 0 Å². The van der Waals surface area contributed by atoms with Crippen LogP contribution in [0, 0.1) is 5.82 Å². The zero-order valence-corrected chi connectivity index (χ0v) is 15.8. The van der Waals surface area contributed by atoms with E-state index in [1.165, 1.54) is 24.3 Å². The number of halogens is 4. The van der Waals surface area contributed by atoms with Gasteiger partial charge in [0.05, 0.1) is 11.0 Å². The molecule has 150 valence electrons. The van der Waals surface area contributed by atoms with Gasteiger partial charge >= 0.3 is 6.36 Å². The second-order valence-corrected chi connectivity index (χ2v) is 6.03. The van der Waals surface area contributed by atoms with Gasteiger partial charge in [-0.05, 0) is 56.2 Å². The topological polar surface area (TPSA) is 37.9 Å². The second-order valence-electron chi connectivity index (χ2n) is 6.03. The summed E-state index contributed by atoms with van der Waals surface area (Å²) in [6.07, 6.45) is -0.0315. The fourth-order valence-electron chi connectivity index (χ4n) is 2.66. The van der Waals surface area contributed by atoms with Gasteiger partial charge in [0.25, 0.3) is 0 Å². The molecule has 3 aromatic rings. The summed E-state index contributed by atoms with van der Waals surface area (Å²) in [5.74, 6) is -0.129. The highest BCUT2D eigenvalue weighted by Gasteiger charge is 2.31. The Morgan fingerprint density at radius 3 is 2.25 bits per heavy atom. The summed E-state index contributed by atoms with van der Waals surface area (Å²) in [7, 11) is 0. The molecule has 3 nitrogen and oxygen atoms in total. The number of nitrogens with zero attached hydrogens (tertiary/aromatic N) is 1. The number of alkyl halides is 3. The molecule has 0 aliphatic heterocycles. The van der Waals surface area contributed by atoms with E-state index < -0.39 is 6.36 Å². The van der Waals surface area contributed by atoms with Gasteiger partial charge in [-0.3, -0.25) is 0 Å². The van der Waals surface area contributed by atoms with Crippen LogP contribution in [0.4, 0.5) is 17.6 Å². The average molecular weight is 394 g/mol. The van der Waals surface area contributed by atoms with Crippen molar-refractivity contribution in [1.29, 1.82) is 0 Å². The van der Waals surface area contributed by atoms with Crippen molar-refractivity contribution in [3.63, 3.8) is 0 Å². The summed E-state index contributed by atoms with van der Waals surface area (Å²) >= 11 is 0. The molecule has 0 spiro atoms. The molecule has 1 N–H and O–H groups in total. The summed E-state index contributed by atoms with van der Waals surface area (Å²) in [5, 5.41) is 0. The molecule has 28 heavy (non-hydrogen) atoms. The number of rotatable bonds is 4. The number of H-pyrrole nitrogens is 1. The van der Waals surface area contributed by atoms with Gasteiger partial charge in [0.15, 0.2) is 0 Å². The second kappa shape index (κ2) is 9.39. The van der Waals surface area contributed by atoms with Crippen molar-refractivity contribution in [3.05, 3.63) is 71.8 Å². The fraction of sp³-hybridized carbons (Fsp3) is 0.286. The van der Waals surface area contributed by atoms with Gasteiger partial charge in [-0.25, -0.2) is 9.37 Å². The van der Waals surface area contributed by atoms with Gasteiger partial charge in [-0.1, -0.05) is 31.2 Å². The molecule has 0 bridgehead atoms. The summed E-state index contributed by atoms with van der Waals surface area (Å²) in [5.41, 5.74) is 2.02. The van der Waals surface area contributed by atoms with E-state index in [1.54, 1.807) is 18.2 Å². The van der Waals surface area contributed by atoms with Crippen LogP contribution in [0.25, 0.3) is 11.0 Å². The number of imidazole rings is 1. The number of allylic oxidation sites excluding steroid dienone is 2. The SMILES string of the molecule is C/C=C\C.CCC(c1ccc(OC(F)(F)F)cc1)c1nc2ccc(F)cc2[nH]1. The van der Waals surface area contributed by atoms with Gasteiger partial charge < -0.3 is 9.72 Å². The maximum absolute atomic E-state index is 13.3. The standard InChI is InChI=1S/C17H14F4N2O.C4H8/c1-2-13(10-3-6-12(7-4-10)24-17(19,20)21)16-22-14-8-5-11(18)9-15(14)23-16;1-3-4-2/h3-9,13H,2H2,1H3,(H,22,23);3-4H,1-2H3/b;4-3-. The molecule has 0 saturated heterocycles. The fourth-order valence-corrected chi connectivity index (χ4v) is 2.66. The first-order chi connectivity index (χ1) is 13.3. The van der Waals surface area contributed by atoms with Gasteiger partial charge in [-0.2, -0.15) is 0 Å². The minimum Gasteiger partial charge on any atom is -0.406 e. The number of benzene rings is 2. The minimum absolute atomic E-state index is 0.139. The average Bonchev–Trinajstić information content (AvgIpc) is 3.05. The molecule has 1 aromatic heterocycles. The van der Waals surface area contributed by atoms with Crippen LogP contribution in [-0.4, -0.2) is 16.3 Å². The first kappa shape index (κ1) is 21.5. The molecular formula is C21H22F4N2O. The molecule has 1 atom stereocenters. The number of fused-ring (bicyclic) bond motifs is 1. The van der Waals surface area contributed by atoms with Crippen LogP contribution in [0.5, 0.6) is 5.75 Å². The first-order valence-corrected chi connectivity index (χ1v) is 8.85. The minimum atomic E-state index is -4.71. The van der Waals surface area contributed by atoms with E-state index in [4.69, 9.17) is 0 Å². The number of aromatic nitrogens is 2. The Kier molecular flexibility index (Phi) is 7.20. The zero-order chi connectivity index (χ0) is 20.7. The van der Waals surface area contributed by atoms with Gasteiger partial charge in [0.1, 0.15) is 17.4 Å². The Labute approximate surface area is 161 Å². The van der Waals surface area contributed by atoms with E-state index >= 15 is 0 Å². The molecule has 0 aliphatic carbocycles. The zero-order valence-electron chi connectivity index (χ0n) is 15.8. The van der Waals surface area contributed by atoms with Crippen LogP contribution in [0.1, 0.15) is 44.5 Å². The third-order valence-corrected chi connectivity index (χ3v) is 4.05. The largest absolute Gasteiger partial charge is 0.573 e. The number of ether oxygens (including phenoxy) is 1. The predicted octanol–water partition coefficient (Wildman–Crippen LogP) is 6.72. The number of aromatic amines is 1. The van der Waals surface area contributed by atoms with E-state index in [9.17, 15) is 17.6 Å². The molecule has 0 aliphatic rings. The van der Waals surface area contributed by atoms with E-state index in [0.29, 0.717) is 23.3 Å². The molecule has 2 aromatic carbocycles. The molecule has 1 heterocycles. The lowest BCUT2D eigenvalue weighted by atomic mass is 9.96. The number of nitrogens with one attached hydrogen (secondary N) is 1. The van der Waals surface area contributed by atoms with E-state index in [2.05, 4.69) is 14.7 Å². The highest BCUT2D eigenvalue weighted by molar-refractivity contribution is 5.75. The van der Waals surface area contributed by atoms with Crippen LogP contribution >= 0.6 is 0 Å². The van der Waals surface area contributed by atoms with Crippen LogP contribution in [0.2, 0.25) is 0 Å². The van der Waals surface area contributed by atoms with Gasteiger partial charge in [-0.15, -0.1) is 13.2 Å². The van der Waals surface area contributed by atoms with Crippen molar-refractivity contribution in [2.24, 2.45) is 0 Å². The Balaban J connectivity index is 0.000000640. The molecule has 7 heteroatoms. The Hall–Kier alpha value is -2.83. The maximum Gasteiger partial charge on any atom is 0.573 e. The Morgan fingerprint density at radius 1 is 1.07 bits per heavy atom. The third kappa shape index (κ3) is 5.84. The third-order valence-electron chi connectivity index (χ3n) is 4.05. The Bertz CT molecular complexity index is 910. The lowest BCUT2D eigenvalue weighted by Gasteiger charge is -2.14. The molecule has 0 radical (unpaired) electrons. The van der Waals surface area contributed by atoms with Crippen molar-refractivity contribution in [3.8, 4) is 5.75 Å². The quantitative estimate of drug-likeness (QED) is 0.394. The monoisotopic (exact) mass is 394 g/mol. The smallest absolute Gasteiger partial charge is 0.406 e. The summed E-state index contributed by atoms with van der Waals surface area (Å²) in [6, 6.07) is 9.96. The summed E-state index contributed by atoms with van der Waals surface area (Å²) in [6.45, 7) is 5.94. The van der Waals surface area contributed by atoms with Crippen molar-refractivity contribution in [1.82, 2.24) is 9.97 Å². The van der Waals surface area contributed by atoms with Crippen LogP contribution < -0.4 is 4.74 Å². The predicted molar refractivity (Wildman–Crippen MR) is 102 cm³/mol. The van der Waals surface area contributed by atoms with Crippen molar-refractivity contribution in [2.45, 2.75) is 39.5 Å². The normalized spacial score (nSPS) is 12.7. The maximum atomic E-state index is 13.3. The first-order valence-electron chi connectivity index (χ1n) is 8.85. The molecule has 3 rings (SSSR count). The van der Waals surface area contributed by atoms with Gasteiger partial charge in [0, 0.05) is 5.92 Å². The number of hydrogen-bond donors (Lipinski definition) is 1. The van der Waals surface area contributed by atoms with E-state index in [-0.39, 0.29) is 17.5 Å². The van der Waals surface area contributed by atoms with Crippen molar-refractivity contribution >= 4 is 11.0 Å². The van der Waals surface area contributed by atoms with E-state index in [0.717, 1.165) is 5.56 Å². The number of hydrogen-bond acceptors (Lipinski definition) is 2. The molecule has 0 fully saturated rings. The highest BCUT2D eigenvalue weighted by Crippen LogP contribution is 2.30. The van der Waals surface area contributed by atoms with Crippen LogP contribution in [0.3, 0.4) is 0 Å². The Morgan fingerprint density at radius 2 is 1.71 bits per heavy atom. The van der Waals surface area contributed by atoms with Crippen molar-refractivity contribution in [2.75, 3.05) is 0 Å².